The van der Waals surface area contributed by atoms with Gasteiger partial charge in [-0.15, -0.1) is 0 Å². The van der Waals surface area contributed by atoms with Crippen LogP contribution in [0.1, 0.15) is 0 Å². The molecule has 0 radical (unpaired) electrons. The van der Waals surface area contributed by atoms with Crippen LogP contribution in [-0.4, -0.2) is 39.9 Å². The Hall–Kier alpha value is -0.483. The smallest absolute Gasteiger partial charge is 0.426 e. The van der Waals surface area contributed by atoms with Crippen molar-refractivity contribution in [3.05, 3.63) is 0 Å². The predicted octanol–water partition coefficient (Wildman–Crippen LogP) is -7.14. The van der Waals surface area contributed by atoms with Crippen molar-refractivity contribution >= 4 is 39.9 Å². The SMILES string of the molecule is [B+]=O.[B+]=O.[B+]=O.[B+]=O.[O-][Si]([O-])([O-])[O-]. The molecule has 64 valence electrons. The van der Waals surface area contributed by atoms with Gasteiger partial charge >= 0.3 is 49.7 Å². The molecule has 0 amide bonds. The van der Waals surface area contributed by atoms with E-state index in [0.29, 0.717) is 0 Å². The Morgan fingerprint density at radius 2 is 0.538 bits per heavy atom. The fraction of sp³-hybridized carbons (Fsp3) is 0. The van der Waals surface area contributed by atoms with Crippen molar-refractivity contribution in [2.45, 2.75) is 0 Å². The summed E-state index contributed by atoms with van der Waals surface area (Å²) in [5.74, 6) is 0. The molecular weight excluding hydrogens is 199 g/mol. The maximum absolute atomic E-state index is 8.58. The topological polar surface area (TPSA) is 161 Å². The summed E-state index contributed by atoms with van der Waals surface area (Å²) in [5.41, 5.74) is 0. The average Bonchev–Trinajstić information content (AvgIpc) is 2.14. The second kappa shape index (κ2) is 41.9. The minimum Gasteiger partial charge on any atom is -0.894 e. The Labute approximate surface area is 78.8 Å². The van der Waals surface area contributed by atoms with Gasteiger partial charge < -0.3 is 28.2 Å². The van der Waals surface area contributed by atoms with Crippen LogP contribution in [0.25, 0.3) is 0 Å². The molecule has 0 saturated carbocycles. The monoisotopic (exact) mass is 200 g/mol. The fourth-order valence-electron chi connectivity index (χ4n) is 0. The molecule has 0 aliphatic rings. The summed E-state index contributed by atoms with van der Waals surface area (Å²) in [6, 6.07) is 0. The Balaban J connectivity index is -0.0000000230. The van der Waals surface area contributed by atoms with E-state index >= 15 is 0 Å². The second-order valence-corrected chi connectivity index (χ2v) is 1.50. The van der Waals surface area contributed by atoms with E-state index < -0.39 is 9.05 Å². The van der Waals surface area contributed by atoms with Crippen LogP contribution in [0.3, 0.4) is 0 Å². The maximum atomic E-state index is 8.58. The Morgan fingerprint density at radius 3 is 0.538 bits per heavy atom. The number of rotatable bonds is 0. The zero-order valence-corrected chi connectivity index (χ0v) is 7.08. The molecule has 0 N–H and O–H groups in total. The zero-order valence-electron chi connectivity index (χ0n) is 6.08. The molecule has 0 fully saturated rings. The Morgan fingerprint density at radius 1 is 0.538 bits per heavy atom. The van der Waals surface area contributed by atoms with Gasteiger partial charge in [-0.25, -0.2) is 0 Å². The van der Waals surface area contributed by atoms with Gasteiger partial charge in [0.25, 0.3) is 0 Å². The Kier molecular flexibility index (Phi) is 94.6. The van der Waals surface area contributed by atoms with Gasteiger partial charge in [-0.3, -0.25) is 0 Å². The third-order valence-corrected chi connectivity index (χ3v) is 0. The van der Waals surface area contributed by atoms with Gasteiger partial charge in [-0.1, -0.05) is 0 Å². The molecule has 0 unspecified atom stereocenters. The molecule has 0 atom stereocenters. The molecule has 0 bridgehead atoms. The van der Waals surface area contributed by atoms with Crippen molar-refractivity contribution in [3.8, 4) is 0 Å². The van der Waals surface area contributed by atoms with Crippen LogP contribution in [0.4, 0.5) is 0 Å². The molecule has 0 aromatic rings. The minimum atomic E-state index is -5.61. The van der Waals surface area contributed by atoms with Crippen LogP contribution in [0, 0.1) is 0 Å². The number of hydrogen-bond acceptors (Lipinski definition) is 8. The van der Waals surface area contributed by atoms with Crippen molar-refractivity contribution < 1.29 is 38.0 Å². The summed E-state index contributed by atoms with van der Waals surface area (Å²) < 4.78 is 31.0. The van der Waals surface area contributed by atoms with Crippen LogP contribution in [0.2, 0.25) is 0 Å². The van der Waals surface area contributed by atoms with E-state index in [-0.39, 0.29) is 0 Å². The molecule has 8 nitrogen and oxygen atoms in total. The standard InChI is InChI=1S/4BO.O4Si/c4*1-2;1-5(2,3)4/q4*+1;-4. The van der Waals surface area contributed by atoms with Gasteiger partial charge in [0.2, 0.25) is 0 Å². The van der Waals surface area contributed by atoms with Crippen molar-refractivity contribution in [3.63, 3.8) is 0 Å². The molecule has 13 heteroatoms. The molecule has 13 heavy (non-hydrogen) atoms. The molecule has 0 saturated heterocycles. The van der Waals surface area contributed by atoms with Gasteiger partial charge in [-0.05, 0) is 0 Å². The van der Waals surface area contributed by atoms with Crippen LogP contribution in [0.5, 0.6) is 0 Å². The zero-order chi connectivity index (χ0) is 12.5. The molecule has 0 heterocycles. The summed E-state index contributed by atoms with van der Waals surface area (Å²) in [6.45, 7) is 0. The van der Waals surface area contributed by atoms with Crippen LogP contribution in [-0.2, 0) is 18.8 Å². The molecule has 0 spiro atoms. The van der Waals surface area contributed by atoms with Gasteiger partial charge in [0.1, 0.15) is 0 Å². The van der Waals surface area contributed by atoms with E-state index in [2.05, 4.69) is 30.9 Å². The molecular formula is B4O8Si. The van der Waals surface area contributed by atoms with Crippen molar-refractivity contribution in [2.75, 3.05) is 0 Å². The van der Waals surface area contributed by atoms with Gasteiger partial charge in [0.15, 0.2) is 0 Å². The van der Waals surface area contributed by atoms with Gasteiger partial charge in [0.05, 0.1) is 0 Å². The van der Waals surface area contributed by atoms with Crippen molar-refractivity contribution in [1.29, 1.82) is 0 Å². The Bertz CT molecular complexity index is 59.0. The van der Waals surface area contributed by atoms with Crippen LogP contribution < -0.4 is 19.2 Å². The molecule has 0 aromatic heterocycles. The molecule has 0 aliphatic heterocycles. The molecule has 0 aromatic carbocycles. The van der Waals surface area contributed by atoms with E-state index in [4.69, 9.17) is 38.0 Å². The van der Waals surface area contributed by atoms with Crippen LogP contribution >= 0.6 is 0 Å². The fourth-order valence-corrected chi connectivity index (χ4v) is 0. The van der Waals surface area contributed by atoms with Gasteiger partial charge in [0, 0.05) is 0 Å². The number of hydrogen-bond donors (Lipinski definition) is 0. The molecule has 0 rings (SSSR count). The van der Waals surface area contributed by atoms with Gasteiger partial charge in [-0.2, -0.15) is 0 Å². The first-order valence-electron chi connectivity index (χ1n) is 1.76. The average molecular weight is 199 g/mol. The minimum absolute atomic E-state index is 3.25. The first-order chi connectivity index (χ1) is 6.00. The van der Waals surface area contributed by atoms with Crippen LogP contribution in [0.15, 0.2) is 0 Å². The summed E-state index contributed by atoms with van der Waals surface area (Å²) >= 11 is 0. The quantitative estimate of drug-likeness (QED) is 0.347. The second-order valence-electron chi connectivity index (χ2n) is 0.500. The van der Waals surface area contributed by atoms with E-state index in [1.54, 1.807) is 0 Å². The third kappa shape index (κ3) is 4460. The van der Waals surface area contributed by atoms with E-state index in [0.717, 1.165) is 0 Å². The molecule has 0 aliphatic carbocycles. The van der Waals surface area contributed by atoms with E-state index in [1.807, 2.05) is 0 Å². The maximum Gasteiger partial charge on any atom is -0.426 e. The largest absolute Gasteiger partial charge is 0.894 e. The predicted molar refractivity (Wildman–Crippen MR) is 31.5 cm³/mol. The summed E-state index contributed by atoms with van der Waals surface area (Å²) in [6.07, 6.45) is 0. The summed E-state index contributed by atoms with van der Waals surface area (Å²) in [7, 11) is 7.39. The first kappa shape index (κ1) is 29.4. The third-order valence-electron chi connectivity index (χ3n) is 0. The normalized spacial score (nSPS) is 6.46. The van der Waals surface area contributed by atoms with E-state index in [9.17, 15) is 0 Å². The van der Waals surface area contributed by atoms with E-state index in [1.165, 1.54) is 0 Å². The summed E-state index contributed by atoms with van der Waals surface area (Å²) in [4.78, 5) is 34.3. The van der Waals surface area contributed by atoms with Crippen molar-refractivity contribution in [2.24, 2.45) is 0 Å². The van der Waals surface area contributed by atoms with Crippen molar-refractivity contribution in [1.82, 2.24) is 0 Å². The first-order valence-corrected chi connectivity index (χ1v) is 3.39. The summed E-state index contributed by atoms with van der Waals surface area (Å²) in [5, 5.41) is 0.